The van der Waals surface area contributed by atoms with E-state index >= 15 is 0 Å². The van der Waals surface area contributed by atoms with Crippen molar-refractivity contribution in [3.8, 4) is 0 Å². The van der Waals surface area contributed by atoms with Gasteiger partial charge in [0.25, 0.3) is 11.8 Å². The second-order valence-corrected chi connectivity index (χ2v) is 8.93. The first kappa shape index (κ1) is 21.7. The van der Waals surface area contributed by atoms with E-state index in [1.807, 2.05) is 60.7 Å². The molecule has 0 aromatic heterocycles. The molecule has 0 fully saturated rings. The van der Waals surface area contributed by atoms with E-state index in [1.165, 1.54) is 11.8 Å². The summed E-state index contributed by atoms with van der Waals surface area (Å²) in [6, 6.07) is 32.9. The molecule has 4 aromatic rings. The van der Waals surface area contributed by atoms with Crippen LogP contribution in [-0.2, 0) is 4.79 Å². The molecule has 0 bridgehead atoms. The average molecular weight is 465 g/mol. The predicted octanol–water partition coefficient (Wildman–Crippen LogP) is 5.96. The zero-order valence-electron chi connectivity index (χ0n) is 18.0. The van der Waals surface area contributed by atoms with E-state index in [-0.39, 0.29) is 17.7 Å². The quantitative estimate of drug-likeness (QED) is 0.282. The molecule has 1 atom stereocenters. The van der Waals surface area contributed by atoms with Crippen molar-refractivity contribution in [1.29, 1.82) is 0 Å². The van der Waals surface area contributed by atoms with Crippen LogP contribution in [0.15, 0.2) is 114 Å². The van der Waals surface area contributed by atoms with Gasteiger partial charge in [0, 0.05) is 10.6 Å². The molecule has 5 rings (SSSR count). The lowest BCUT2D eigenvalue weighted by Gasteiger charge is -2.19. The van der Waals surface area contributed by atoms with Crippen LogP contribution in [0.5, 0.6) is 0 Å². The highest BCUT2D eigenvalue weighted by Gasteiger charge is 2.36. The summed E-state index contributed by atoms with van der Waals surface area (Å²) in [5.74, 6) is -0.934. The lowest BCUT2D eigenvalue weighted by atomic mass is 10.1. The molecule has 1 heterocycles. The van der Waals surface area contributed by atoms with Crippen LogP contribution in [0.4, 0.5) is 11.4 Å². The molecular weight excluding hydrogens is 444 g/mol. The van der Waals surface area contributed by atoms with Crippen LogP contribution >= 0.6 is 11.8 Å². The van der Waals surface area contributed by atoms with Crippen LogP contribution in [0.3, 0.4) is 0 Å². The second kappa shape index (κ2) is 9.37. The van der Waals surface area contributed by atoms with Gasteiger partial charge in [0.05, 0.1) is 16.8 Å². The molecule has 34 heavy (non-hydrogen) atoms. The SMILES string of the molecule is O=C(Nc1cccc(N2C(=O)c3ccccc3C2=O)c1)C(Sc1ccccc1)c1ccccc1. The number of amides is 3. The number of fused-ring (bicyclic) bond motifs is 1. The third-order valence-corrected chi connectivity index (χ3v) is 6.77. The van der Waals surface area contributed by atoms with Crippen molar-refractivity contribution in [1.82, 2.24) is 0 Å². The Bertz CT molecular complexity index is 1340. The number of nitrogens with one attached hydrogen (secondary N) is 1. The number of thioether (sulfide) groups is 1. The molecule has 0 saturated carbocycles. The molecule has 1 aliphatic rings. The van der Waals surface area contributed by atoms with Crippen molar-refractivity contribution >= 4 is 40.9 Å². The van der Waals surface area contributed by atoms with Gasteiger partial charge in [0.2, 0.25) is 5.91 Å². The van der Waals surface area contributed by atoms with Gasteiger partial charge in [-0.25, -0.2) is 4.90 Å². The van der Waals surface area contributed by atoms with Crippen LogP contribution in [0.2, 0.25) is 0 Å². The Labute approximate surface area is 201 Å². The number of benzene rings is 4. The van der Waals surface area contributed by atoms with Crippen LogP contribution in [0.1, 0.15) is 31.5 Å². The predicted molar refractivity (Wildman–Crippen MR) is 134 cm³/mol. The minimum Gasteiger partial charge on any atom is -0.325 e. The Morgan fingerprint density at radius 1 is 0.706 bits per heavy atom. The van der Waals surface area contributed by atoms with Gasteiger partial charge in [-0.1, -0.05) is 66.7 Å². The van der Waals surface area contributed by atoms with Gasteiger partial charge in [-0.3, -0.25) is 14.4 Å². The summed E-state index contributed by atoms with van der Waals surface area (Å²) in [6.45, 7) is 0. The molecule has 1 aliphatic heterocycles. The van der Waals surface area contributed by atoms with Crippen LogP contribution in [-0.4, -0.2) is 17.7 Å². The topological polar surface area (TPSA) is 66.5 Å². The van der Waals surface area contributed by atoms with E-state index in [2.05, 4.69) is 5.32 Å². The molecule has 1 unspecified atom stereocenters. The lowest BCUT2D eigenvalue weighted by molar-refractivity contribution is -0.115. The van der Waals surface area contributed by atoms with Gasteiger partial charge in [-0.15, -0.1) is 11.8 Å². The Morgan fingerprint density at radius 3 is 1.94 bits per heavy atom. The molecule has 6 heteroatoms. The first-order chi connectivity index (χ1) is 16.6. The molecule has 1 N–H and O–H groups in total. The molecule has 0 spiro atoms. The summed E-state index contributed by atoms with van der Waals surface area (Å²) in [6.07, 6.45) is 0. The fraction of sp³-hybridized carbons (Fsp3) is 0.0357. The fourth-order valence-electron chi connectivity index (χ4n) is 3.89. The standard InChI is InChI=1S/C28H20N2O3S/c31-26(25(19-10-3-1-4-11-19)34-22-14-5-2-6-15-22)29-20-12-9-13-21(18-20)30-27(32)23-16-7-8-17-24(23)28(30)33/h1-18,25H,(H,29,31). The van der Waals surface area contributed by atoms with Crippen molar-refractivity contribution in [3.05, 3.63) is 126 Å². The van der Waals surface area contributed by atoms with Gasteiger partial charge < -0.3 is 5.32 Å². The van der Waals surface area contributed by atoms with Crippen LogP contribution < -0.4 is 10.2 Å². The van der Waals surface area contributed by atoms with Crippen LogP contribution in [0.25, 0.3) is 0 Å². The summed E-state index contributed by atoms with van der Waals surface area (Å²) >= 11 is 1.46. The highest BCUT2D eigenvalue weighted by molar-refractivity contribution is 8.00. The van der Waals surface area contributed by atoms with Crippen molar-refractivity contribution in [2.75, 3.05) is 10.2 Å². The second-order valence-electron chi connectivity index (χ2n) is 7.75. The third-order valence-electron chi connectivity index (χ3n) is 5.50. The molecule has 0 radical (unpaired) electrons. The first-order valence-corrected chi connectivity index (χ1v) is 11.7. The first-order valence-electron chi connectivity index (χ1n) is 10.8. The summed E-state index contributed by atoms with van der Waals surface area (Å²) in [5.41, 5.74) is 2.56. The van der Waals surface area contributed by atoms with E-state index < -0.39 is 5.25 Å². The fourth-order valence-corrected chi connectivity index (χ4v) is 4.94. The molecule has 5 nitrogen and oxygen atoms in total. The average Bonchev–Trinajstić information content (AvgIpc) is 3.14. The molecule has 4 aromatic carbocycles. The van der Waals surface area contributed by atoms with Crippen molar-refractivity contribution < 1.29 is 14.4 Å². The molecule has 3 amide bonds. The van der Waals surface area contributed by atoms with Crippen molar-refractivity contribution in [2.24, 2.45) is 0 Å². The Morgan fingerprint density at radius 2 is 1.29 bits per heavy atom. The maximum atomic E-state index is 13.4. The van der Waals surface area contributed by atoms with Crippen molar-refractivity contribution in [2.45, 2.75) is 10.1 Å². The van der Waals surface area contributed by atoms with E-state index in [0.29, 0.717) is 22.5 Å². The number of carbonyl (C=O) groups excluding carboxylic acids is 3. The van der Waals surface area contributed by atoms with E-state index in [4.69, 9.17) is 0 Å². The molecule has 0 aliphatic carbocycles. The maximum Gasteiger partial charge on any atom is 0.266 e. The van der Waals surface area contributed by atoms with Gasteiger partial charge in [-0.05, 0) is 48.0 Å². The monoisotopic (exact) mass is 464 g/mol. The number of nitrogens with zero attached hydrogens (tertiary/aromatic N) is 1. The van der Waals surface area contributed by atoms with Gasteiger partial charge in [0.15, 0.2) is 0 Å². The number of imide groups is 1. The van der Waals surface area contributed by atoms with Crippen LogP contribution in [0, 0.1) is 0 Å². The van der Waals surface area contributed by atoms with E-state index in [9.17, 15) is 14.4 Å². The van der Waals surface area contributed by atoms with Crippen molar-refractivity contribution in [3.63, 3.8) is 0 Å². The Hall–Kier alpha value is -4.16. The number of hydrogen-bond donors (Lipinski definition) is 1. The maximum absolute atomic E-state index is 13.4. The Kier molecular flexibility index (Phi) is 5.97. The van der Waals surface area contributed by atoms with E-state index in [1.54, 1.807) is 48.5 Å². The van der Waals surface area contributed by atoms with Gasteiger partial charge in [0.1, 0.15) is 5.25 Å². The Balaban J connectivity index is 1.40. The highest BCUT2D eigenvalue weighted by Crippen LogP contribution is 2.36. The zero-order valence-corrected chi connectivity index (χ0v) is 18.9. The van der Waals surface area contributed by atoms with Gasteiger partial charge >= 0.3 is 0 Å². The molecule has 0 saturated heterocycles. The number of carbonyl (C=O) groups is 3. The summed E-state index contributed by atoms with van der Waals surface area (Å²) in [7, 11) is 0. The largest absolute Gasteiger partial charge is 0.325 e. The summed E-state index contributed by atoms with van der Waals surface area (Å²) < 4.78 is 0. The van der Waals surface area contributed by atoms with Gasteiger partial charge in [-0.2, -0.15) is 0 Å². The third kappa shape index (κ3) is 4.23. The summed E-state index contributed by atoms with van der Waals surface area (Å²) in [4.78, 5) is 41.2. The zero-order chi connectivity index (χ0) is 23.5. The highest BCUT2D eigenvalue weighted by atomic mass is 32.2. The number of rotatable bonds is 6. The molecular formula is C28H20N2O3S. The summed E-state index contributed by atoms with van der Waals surface area (Å²) in [5, 5.41) is 2.49. The smallest absolute Gasteiger partial charge is 0.266 e. The lowest BCUT2D eigenvalue weighted by Crippen LogP contribution is -2.29. The molecule has 166 valence electrons. The number of hydrogen-bond acceptors (Lipinski definition) is 4. The van der Waals surface area contributed by atoms with E-state index in [0.717, 1.165) is 15.4 Å². The normalized spacial score (nSPS) is 13.5. The minimum absolute atomic E-state index is 0.195. The minimum atomic E-state index is -0.480. The number of anilines is 2.